The molecule has 148 valence electrons. The van der Waals surface area contributed by atoms with Gasteiger partial charge in [0, 0.05) is 25.4 Å². The number of benzene rings is 1. The van der Waals surface area contributed by atoms with Gasteiger partial charge in [-0.2, -0.15) is 0 Å². The van der Waals surface area contributed by atoms with Crippen molar-refractivity contribution < 1.29 is 9.18 Å². The Bertz CT molecular complexity index is 1000. The smallest absolute Gasteiger partial charge is 0.219 e. The summed E-state index contributed by atoms with van der Waals surface area (Å²) in [7, 11) is 0. The second-order valence-corrected chi connectivity index (χ2v) is 9.24. The molecule has 1 aliphatic heterocycles. The zero-order chi connectivity index (χ0) is 20.1. The molecule has 1 amide bonds. The molecule has 1 N–H and O–H groups in total. The Kier molecular flexibility index (Phi) is 4.61. The molecule has 4 rings (SSSR count). The first-order chi connectivity index (χ1) is 13.2. The molecule has 3 heterocycles. The Morgan fingerprint density at radius 3 is 2.82 bits per heavy atom. The van der Waals surface area contributed by atoms with Gasteiger partial charge >= 0.3 is 0 Å². The van der Waals surface area contributed by atoms with Crippen LogP contribution in [0.4, 0.5) is 9.52 Å². The summed E-state index contributed by atoms with van der Waals surface area (Å²) in [5, 5.41) is 8.86. The van der Waals surface area contributed by atoms with E-state index < -0.39 is 0 Å². The number of carbonyl (C=O) groups is 1. The minimum atomic E-state index is -0.287. The van der Waals surface area contributed by atoms with E-state index in [9.17, 15) is 9.18 Å². The minimum absolute atomic E-state index is 0.00158. The van der Waals surface area contributed by atoms with Crippen molar-refractivity contribution >= 4 is 27.3 Å². The van der Waals surface area contributed by atoms with Gasteiger partial charge in [-0.15, -0.1) is 5.10 Å². The fourth-order valence-corrected chi connectivity index (χ4v) is 4.30. The number of anilines is 1. The Balaban J connectivity index is 1.63. The Labute approximate surface area is 167 Å². The minimum Gasteiger partial charge on any atom is -0.353 e. The van der Waals surface area contributed by atoms with Gasteiger partial charge in [0.25, 0.3) is 0 Å². The van der Waals surface area contributed by atoms with E-state index in [1.807, 2.05) is 12.3 Å². The summed E-state index contributed by atoms with van der Waals surface area (Å²) in [5.74, 6) is -0.288. The molecule has 28 heavy (non-hydrogen) atoms. The zero-order valence-corrected chi connectivity index (χ0v) is 17.3. The van der Waals surface area contributed by atoms with Crippen LogP contribution in [0.15, 0.2) is 24.4 Å². The van der Waals surface area contributed by atoms with E-state index in [1.54, 1.807) is 16.3 Å². The molecule has 0 spiro atoms. The zero-order valence-electron chi connectivity index (χ0n) is 16.5. The fraction of sp³-hybridized carbons (Fsp3) is 0.450. The van der Waals surface area contributed by atoms with Gasteiger partial charge < -0.3 is 10.2 Å². The molecule has 1 aromatic carbocycles. The molecule has 1 atom stereocenters. The lowest BCUT2D eigenvalue weighted by Gasteiger charge is -2.19. The predicted molar refractivity (Wildman–Crippen MR) is 108 cm³/mol. The van der Waals surface area contributed by atoms with Crippen molar-refractivity contribution in [1.29, 1.82) is 0 Å². The van der Waals surface area contributed by atoms with Gasteiger partial charge in [0.2, 0.25) is 16.0 Å². The highest BCUT2D eigenvalue weighted by Gasteiger charge is 2.25. The molecule has 0 saturated heterocycles. The van der Waals surface area contributed by atoms with Crippen molar-refractivity contribution in [2.75, 3.05) is 11.9 Å². The number of hydrogen-bond donors (Lipinski definition) is 1. The second-order valence-electron chi connectivity index (χ2n) is 8.28. The van der Waals surface area contributed by atoms with E-state index >= 15 is 0 Å². The van der Waals surface area contributed by atoms with Crippen LogP contribution in [0.25, 0.3) is 4.96 Å². The number of nitrogens with one attached hydrogen (secondary N) is 1. The third kappa shape index (κ3) is 3.61. The van der Waals surface area contributed by atoms with Crippen LogP contribution >= 0.6 is 11.3 Å². The molecule has 1 aliphatic rings. The molecule has 0 saturated carbocycles. The Morgan fingerprint density at radius 2 is 2.14 bits per heavy atom. The third-order valence-corrected chi connectivity index (χ3v) is 5.94. The number of nitrogens with zero attached hydrogens (tertiary/aromatic N) is 4. The average molecular weight is 402 g/mol. The van der Waals surface area contributed by atoms with Gasteiger partial charge in [-0.3, -0.25) is 4.79 Å². The van der Waals surface area contributed by atoms with Crippen molar-refractivity contribution in [2.24, 2.45) is 0 Å². The number of halogens is 1. The first kappa shape index (κ1) is 18.9. The topological polar surface area (TPSA) is 62.5 Å². The molecular weight excluding hydrogens is 377 g/mol. The Hall–Kier alpha value is -2.48. The van der Waals surface area contributed by atoms with Crippen LogP contribution in [-0.2, 0) is 16.8 Å². The maximum absolute atomic E-state index is 13.8. The SMILES string of the molecule is CC(=O)N1CCC(Nc2nn3cc(C(C)(C)C)nc3s2)c2ccc(F)cc2C1. The van der Waals surface area contributed by atoms with E-state index in [2.05, 4.69) is 36.2 Å². The van der Waals surface area contributed by atoms with Gasteiger partial charge in [-0.1, -0.05) is 38.2 Å². The van der Waals surface area contributed by atoms with Crippen LogP contribution in [0, 0.1) is 5.82 Å². The van der Waals surface area contributed by atoms with E-state index in [0.717, 1.165) is 33.3 Å². The summed E-state index contributed by atoms with van der Waals surface area (Å²) in [6.07, 6.45) is 2.69. The van der Waals surface area contributed by atoms with Crippen molar-refractivity contribution in [1.82, 2.24) is 19.5 Å². The van der Waals surface area contributed by atoms with Crippen LogP contribution in [0.1, 0.15) is 57.0 Å². The number of amides is 1. The molecule has 1 unspecified atom stereocenters. The van der Waals surface area contributed by atoms with Gasteiger partial charge in [-0.05, 0) is 29.7 Å². The molecule has 8 heteroatoms. The molecule has 6 nitrogen and oxygen atoms in total. The lowest BCUT2D eigenvalue weighted by atomic mass is 9.93. The molecule has 0 aliphatic carbocycles. The summed E-state index contributed by atoms with van der Waals surface area (Å²) in [6.45, 7) is 8.97. The fourth-order valence-electron chi connectivity index (χ4n) is 3.46. The Morgan fingerprint density at radius 1 is 1.36 bits per heavy atom. The van der Waals surface area contributed by atoms with Gasteiger partial charge in [0.15, 0.2) is 0 Å². The standard InChI is InChI=1S/C20H24FN5OS/c1-12(27)25-8-7-16(15-6-5-14(21)9-13(15)10-25)22-18-24-26-11-17(20(2,3)4)23-19(26)28-18/h5-6,9,11,16H,7-8,10H2,1-4H3,(H,22,24). The number of carbonyl (C=O) groups excluding carboxylic acids is 1. The predicted octanol–water partition coefficient (Wildman–Crippen LogP) is 4.13. The van der Waals surface area contributed by atoms with Crippen molar-refractivity contribution in [3.8, 4) is 0 Å². The van der Waals surface area contributed by atoms with Crippen molar-refractivity contribution in [2.45, 2.75) is 52.1 Å². The van der Waals surface area contributed by atoms with E-state index in [-0.39, 0.29) is 23.2 Å². The first-order valence-corrected chi connectivity index (χ1v) is 10.2. The monoisotopic (exact) mass is 401 g/mol. The van der Waals surface area contributed by atoms with Gasteiger partial charge in [0.05, 0.1) is 17.9 Å². The number of fused-ring (bicyclic) bond motifs is 2. The quantitative estimate of drug-likeness (QED) is 0.701. The molecule has 0 bridgehead atoms. The highest BCUT2D eigenvalue weighted by molar-refractivity contribution is 7.20. The lowest BCUT2D eigenvalue weighted by molar-refractivity contribution is -0.129. The number of rotatable bonds is 2. The van der Waals surface area contributed by atoms with Crippen LogP contribution in [-0.4, -0.2) is 31.9 Å². The highest BCUT2D eigenvalue weighted by atomic mass is 32.1. The van der Waals surface area contributed by atoms with Gasteiger partial charge in [0.1, 0.15) is 5.82 Å². The maximum Gasteiger partial charge on any atom is 0.219 e. The van der Waals surface area contributed by atoms with Crippen LogP contribution in [0.3, 0.4) is 0 Å². The van der Waals surface area contributed by atoms with E-state index in [4.69, 9.17) is 0 Å². The summed E-state index contributed by atoms with van der Waals surface area (Å²) < 4.78 is 15.6. The third-order valence-electron chi connectivity index (χ3n) is 5.08. The first-order valence-electron chi connectivity index (χ1n) is 9.38. The van der Waals surface area contributed by atoms with Gasteiger partial charge in [-0.25, -0.2) is 13.9 Å². The van der Waals surface area contributed by atoms with E-state index in [0.29, 0.717) is 13.1 Å². The summed E-state index contributed by atoms with van der Waals surface area (Å²) in [6, 6.07) is 4.76. The normalized spacial score (nSPS) is 17.5. The maximum atomic E-state index is 13.8. The molecule has 0 radical (unpaired) electrons. The molecule has 2 aromatic heterocycles. The molecule has 3 aromatic rings. The van der Waals surface area contributed by atoms with Crippen molar-refractivity contribution in [3.05, 3.63) is 47.0 Å². The number of hydrogen-bond acceptors (Lipinski definition) is 5. The molecular formula is C20H24FN5OS. The lowest BCUT2D eigenvalue weighted by Crippen LogP contribution is -2.28. The molecule has 0 fully saturated rings. The largest absolute Gasteiger partial charge is 0.353 e. The summed E-state index contributed by atoms with van der Waals surface area (Å²) >= 11 is 1.49. The number of imidazole rings is 1. The number of aromatic nitrogens is 3. The van der Waals surface area contributed by atoms with E-state index in [1.165, 1.54) is 23.5 Å². The second kappa shape index (κ2) is 6.84. The summed E-state index contributed by atoms with van der Waals surface area (Å²) in [5.41, 5.74) is 2.82. The average Bonchev–Trinajstić information content (AvgIpc) is 3.10. The van der Waals surface area contributed by atoms with Crippen LogP contribution in [0.2, 0.25) is 0 Å². The van der Waals surface area contributed by atoms with Crippen LogP contribution in [0.5, 0.6) is 0 Å². The highest BCUT2D eigenvalue weighted by Crippen LogP contribution is 2.32. The van der Waals surface area contributed by atoms with Crippen molar-refractivity contribution in [3.63, 3.8) is 0 Å². The van der Waals surface area contributed by atoms with Crippen LogP contribution < -0.4 is 5.32 Å². The summed E-state index contributed by atoms with van der Waals surface area (Å²) in [4.78, 5) is 19.2.